The van der Waals surface area contributed by atoms with Gasteiger partial charge in [-0.05, 0) is 12.1 Å². The van der Waals surface area contributed by atoms with Crippen LogP contribution in [-0.4, -0.2) is 21.8 Å². The Balaban J connectivity index is 2.34. The Kier molecular flexibility index (Phi) is 3.20. The van der Waals surface area contributed by atoms with E-state index in [9.17, 15) is 19.8 Å². The van der Waals surface area contributed by atoms with Crippen LogP contribution in [0.25, 0.3) is 0 Å². The predicted octanol–water partition coefficient (Wildman–Crippen LogP) is 0.611. The van der Waals surface area contributed by atoms with Crippen LogP contribution in [0.1, 0.15) is 43.0 Å². The number of benzene rings is 2. The van der Waals surface area contributed by atoms with E-state index in [0.717, 1.165) is 0 Å². The molecule has 2 aromatic carbocycles. The minimum absolute atomic E-state index is 0.0610. The molecule has 22 heavy (non-hydrogen) atoms. The fourth-order valence-corrected chi connectivity index (χ4v) is 2.74. The molecule has 6 nitrogen and oxygen atoms in total. The highest BCUT2D eigenvalue weighted by Crippen LogP contribution is 2.36. The van der Waals surface area contributed by atoms with E-state index in [4.69, 9.17) is 11.5 Å². The highest BCUT2D eigenvalue weighted by molar-refractivity contribution is 6.31. The molecule has 0 aromatic heterocycles. The molecular weight excluding hydrogens is 284 g/mol. The number of carbonyl (C=O) groups excluding carboxylic acids is 2. The number of hydrogen-bond donors (Lipinski definition) is 4. The number of anilines is 2. The van der Waals surface area contributed by atoms with Crippen molar-refractivity contribution in [3.05, 3.63) is 57.6 Å². The lowest BCUT2D eigenvalue weighted by atomic mass is 9.80. The van der Waals surface area contributed by atoms with Gasteiger partial charge in [0.25, 0.3) is 0 Å². The summed E-state index contributed by atoms with van der Waals surface area (Å²) in [6, 6.07) is 6.01. The quantitative estimate of drug-likeness (QED) is 0.513. The molecule has 0 heterocycles. The molecule has 0 aliphatic heterocycles. The second kappa shape index (κ2) is 4.94. The van der Waals surface area contributed by atoms with Crippen LogP contribution in [-0.2, 0) is 13.2 Å². The van der Waals surface area contributed by atoms with E-state index >= 15 is 0 Å². The molecular formula is C16H14N2O4. The van der Waals surface area contributed by atoms with Crippen molar-refractivity contribution in [2.45, 2.75) is 13.2 Å². The van der Waals surface area contributed by atoms with Crippen molar-refractivity contribution < 1.29 is 19.8 Å². The zero-order valence-electron chi connectivity index (χ0n) is 11.6. The van der Waals surface area contributed by atoms with Gasteiger partial charge in [0.15, 0.2) is 11.6 Å². The lowest BCUT2D eigenvalue weighted by Gasteiger charge is -2.22. The number of hydrogen-bond acceptors (Lipinski definition) is 6. The first-order valence-corrected chi connectivity index (χ1v) is 6.65. The molecule has 0 spiro atoms. The molecule has 0 fully saturated rings. The van der Waals surface area contributed by atoms with Crippen LogP contribution in [0.3, 0.4) is 0 Å². The van der Waals surface area contributed by atoms with E-state index in [1.54, 1.807) is 0 Å². The van der Waals surface area contributed by atoms with Crippen LogP contribution in [0.4, 0.5) is 11.4 Å². The van der Waals surface area contributed by atoms with E-state index < -0.39 is 5.78 Å². The third-order valence-electron chi connectivity index (χ3n) is 3.96. The Hall–Kier alpha value is -2.70. The van der Waals surface area contributed by atoms with Gasteiger partial charge in [0.05, 0.1) is 24.3 Å². The number of ketones is 2. The van der Waals surface area contributed by atoms with Crippen LogP contribution >= 0.6 is 0 Å². The summed E-state index contributed by atoms with van der Waals surface area (Å²) in [4.78, 5) is 25.3. The van der Waals surface area contributed by atoms with Crippen molar-refractivity contribution in [2.24, 2.45) is 0 Å². The van der Waals surface area contributed by atoms with Crippen molar-refractivity contribution in [2.75, 3.05) is 11.5 Å². The maximum atomic E-state index is 12.8. The molecule has 0 unspecified atom stereocenters. The molecule has 0 saturated heterocycles. The number of fused-ring (bicyclic) bond motifs is 2. The SMILES string of the molecule is Nc1c(CO)ccc2c1C(=O)c1c(ccc(CO)c1N)C2=O. The molecule has 0 amide bonds. The standard InChI is InChI=1S/C16H14N2O4/c17-13-7(5-19)1-3-9-11(13)16(22)12-10(15(9)21)4-2-8(6-20)14(12)18/h1-4,19-20H,5-6,17-18H2. The van der Waals surface area contributed by atoms with E-state index in [-0.39, 0.29) is 52.6 Å². The predicted molar refractivity (Wildman–Crippen MR) is 80.4 cm³/mol. The van der Waals surface area contributed by atoms with E-state index in [1.165, 1.54) is 24.3 Å². The first-order chi connectivity index (χ1) is 10.5. The van der Waals surface area contributed by atoms with Gasteiger partial charge < -0.3 is 21.7 Å². The number of carbonyl (C=O) groups is 2. The number of aliphatic hydroxyl groups is 2. The third kappa shape index (κ3) is 1.75. The Labute approximate surface area is 126 Å². The number of rotatable bonds is 2. The number of nitrogen functional groups attached to an aromatic ring is 2. The molecule has 1 aliphatic carbocycles. The smallest absolute Gasteiger partial charge is 0.198 e. The number of aliphatic hydroxyl groups excluding tert-OH is 2. The summed E-state index contributed by atoms with van der Waals surface area (Å²) in [6.45, 7) is -0.667. The van der Waals surface area contributed by atoms with Gasteiger partial charge in [0.2, 0.25) is 0 Å². The van der Waals surface area contributed by atoms with Gasteiger partial charge in [0, 0.05) is 33.6 Å². The normalized spacial score (nSPS) is 13.0. The summed E-state index contributed by atoms with van der Waals surface area (Å²) >= 11 is 0. The fourth-order valence-electron chi connectivity index (χ4n) is 2.74. The van der Waals surface area contributed by atoms with Gasteiger partial charge in [0.1, 0.15) is 0 Å². The Morgan fingerprint density at radius 1 is 0.727 bits per heavy atom. The van der Waals surface area contributed by atoms with Crippen molar-refractivity contribution in [3.63, 3.8) is 0 Å². The summed E-state index contributed by atoms with van der Waals surface area (Å²) in [6.07, 6.45) is 0. The van der Waals surface area contributed by atoms with Gasteiger partial charge in [-0.3, -0.25) is 9.59 Å². The molecule has 1 aliphatic rings. The van der Waals surface area contributed by atoms with Crippen LogP contribution < -0.4 is 11.5 Å². The first kappa shape index (κ1) is 14.2. The molecule has 6 heteroatoms. The largest absolute Gasteiger partial charge is 0.398 e. The molecule has 0 saturated carbocycles. The van der Waals surface area contributed by atoms with E-state index in [2.05, 4.69) is 0 Å². The van der Waals surface area contributed by atoms with Crippen molar-refractivity contribution in [1.82, 2.24) is 0 Å². The highest BCUT2D eigenvalue weighted by Gasteiger charge is 2.34. The Morgan fingerprint density at radius 2 is 1.14 bits per heavy atom. The molecule has 3 rings (SSSR count). The minimum Gasteiger partial charge on any atom is -0.398 e. The summed E-state index contributed by atoms with van der Waals surface area (Å²) in [5.41, 5.74) is 13.3. The van der Waals surface area contributed by atoms with E-state index in [1.807, 2.05) is 0 Å². The molecule has 0 bridgehead atoms. The third-order valence-corrected chi connectivity index (χ3v) is 3.96. The topological polar surface area (TPSA) is 127 Å². The van der Waals surface area contributed by atoms with Gasteiger partial charge in [-0.2, -0.15) is 0 Å². The molecule has 0 radical (unpaired) electrons. The molecule has 6 N–H and O–H groups in total. The lowest BCUT2D eigenvalue weighted by Crippen LogP contribution is -2.25. The minimum atomic E-state index is -0.467. The molecule has 112 valence electrons. The van der Waals surface area contributed by atoms with Gasteiger partial charge in [-0.25, -0.2) is 0 Å². The van der Waals surface area contributed by atoms with Crippen LogP contribution in [0.15, 0.2) is 24.3 Å². The van der Waals surface area contributed by atoms with Crippen LogP contribution in [0.5, 0.6) is 0 Å². The summed E-state index contributed by atoms with van der Waals surface area (Å²) in [7, 11) is 0. The summed E-state index contributed by atoms with van der Waals surface area (Å²) < 4.78 is 0. The van der Waals surface area contributed by atoms with Crippen molar-refractivity contribution >= 4 is 22.9 Å². The van der Waals surface area contributed by atoms with Crippen LogP contribution in [0.2, 0.25) is 0 Å². The Bertz CT molecular complexity index is 762. The zero-order valence-corrected chi connectivity index (χ0v) is 11.6. The zero-order chi connectivity index (χ0) is 16.0. The first-order valence-electron chi connectivity index (χ1n) is 6.65. The highest BCUT2D eigenvalue weighted by atomic mass is 16.3. The molecule has 0 atom stereocenters. The second-order valence-corrected chi connectivity index (χ2v) is 5.10. The van der Waals surface area contributed by atoms with Crippen molar-refractivity contribution in [3.8, 4) is 0 Å². The summed E-state index contributed by atoms with van der Waals surface area (Å²) in [5.74, 6) is -0.817. The average Bonchev–Trinajstić information content (AvgIpc) is 2.52. The second-order valence-electron chi connectivity index (χ2n) is 5.10. The van der Waals surface area contributed by atoms with E-state index in [0.29, 0.717) is 11.1 Å². The number of nitrogens with two attached hydrogens (primary N) is 2. The van der Waals surface area contributed by atoms with Gasteiger partial charge >= 0.3 is 0 Å². The lowest BCUT2D eigenvalue weighted by molar-refractivity contribution is 0.0980. The molecule has 2 aromatic rings. The summed E-state index contributed by atoms with van der Waals surface area (Å²) in [5, 5.41) is 18.5. The maximum Gasteiger partial charge on any atom is 0.198 e. The van der Waals surface area contributed by atoms with Crippen molar-refractivity contribution in [1.29, 1.82) is 0 Å². The monoisotopic (exact) mass is 298 g/mol. The Morgan fingerprint density at radius 3 is 1.50 bits per heavy atom. The van der Waals surface area contributed by atoms with Gasteiger partial charge in [-0.15, -0.1) is 0 Å². The maximum absolute atomic E-state index is 12.8. The van der Waals surface area contributed by atoms with Gasteiger partial charge in [-0.1, -0.05) is 12.1 Å². The van der Waals surface area contributed by atoms with Crippen LogP contribution in [0, 0.1) is 0 Å². The average molecular weight is 298 g/mol. The fraction of sp³-hybridized carbons (Fsp3) is 0.125.